The van der Waals surface area contributed by atoms with Crippen LogP contribution in [0.5, 0.6) is 0 Å². The molecule has 0 radical (unpaired) electrons. The van der Waals surface area contributed by atoms with E-state index in [1.165, 1.54) is 6.07 Å². The van der Waals surface area contributed by atoms with Crippen LogP contribution in [0.1, 0.15) is 29.1 Å². The van der Waals surface area contributed by atoms with E-state index in [2.05, 4.69) is 15.5 Å². The zero-order valence-corrected chi connectivity index (χ0v) is 16.2. The first-order valence-electron chi connectivity index (χ1n) is 8.62. The summed E-state index contributed by atoms with van der Waals surface area (Å²) in [4.78, 5) is 12.3. The van der Waals surface area contributed by atoms with Gasteiger partial charge >= 0.3 is 0 Å². The summed E-state index contributed by atoms with van der Waals surface area (Å²) in [5.41, 5.74) is 3.41. The fourth-order valence-corrected chi connectivity index (χ4v) is 3.00. The van der Waals surface area contributed by atoms with Crippen molar-refractivity contribution in [3.05, 3.63) is 63.9 Å². The standard InChI is InChI=1S/C19H21ClFN5O/c1-12-16(20)11-25(23-12)9-8-18(27)22-19-13(2)24-26(14(19)3)10-15-6-4-5-7-17(15)21/h4-7,11H,8-10H2,1-3H3,(H,22,27). The Balaban J connectivity index is 1.67. The Labute approximate surface area is 161 Å². The van der Waals surface area contributed by atoms with Crippen LogP contribution in [0, 0.1) is 26.6 Å². The van der Waals surface area contributed by atoms with Gasteiger partial charge in [-0.3, -0.25) is 14.2 Å². The lowest BCUT2D eigenvalue weighted by molar-refractivity contribution is -0.116. The molecular formula is C19H21ClFN5O. The minimum Gasteiger partial charge on any atom is -0.323 e. The Bertz CT molecular complexity index is 959. The maximum absolute atomic E-state index is 13.9. The van der Waals surface area contributed by atoms with Gasteiger partial charge in [0.05, 0.1) is 34.3 Å². The predicted molar refractivity (Wildman–Crippen MR) is 102 cm³/mol. The van der Waals surface area contributed by atoms with Crippen molar-refractivity contribution in [3.8, 4) is 0 Å². The van der Waals surface area contributed by atoms with E-state index in [1.807, 2.05) is 20.8 Å². The number of anilines is 1. The lowest BCUT2D eigenvalue weighted by atomic mass is 10.2. The van der Waals surface area contributed by atoms with Crippen LogP contribution in [0.3, 0.4) is 0 Å². The van der Waals surface area contributed by atoms with Gasteiger partial charge in [0.1, 0.15) is 5.82 Å². The number of amides is 1. The molecule has 3 aromatic rings. The van der Waals surface area contributed by atoms with Crippen LogP contribution in [-0.2, 0) is 17.9 Å². The molecular weight excluding hydrogens is 369 g/mol. The third kappa shape index (κ3) is 4.36. The lowest BCUT2D eigenvalue weighted by Gasteiger charge is -2.08. The SMILES string of the molecule is Cc1nn(CCC(=O)Nc2c(C)nn(Cc3ccccc3F)c2C)cc1Cl. The minimum atomic E-state index is -0.274. The average molecular weight is 390 g/mol. The van der Waals surface area contributed by atoms with Gasteiger partial charge in [0.2, 0.25) is 5.91 Å². The highest BCUT2D eigenvalue weighted by Gasteiger charge is 2.15. The molecule has 3 rings (SSSR count). The highest BCUT2D eigenvalue weighted by atomic mass is 35.5. The van der Waals surface area contributed by atoms with E-state index >= 15 is 0 Å². The largest absolute Gasteiger partial charge is 0.323 e. The van der Waals surface area contributed by atoms with Crippen LogP contribution in [-0.4, -0.2) is 25.5 Å². The van der Waals surface area contributed by atoms with Gasteiger partial charge in [-0.1, -0.05) is 29.8 Å². The Kier molecular flexibility index (Phi) is 5.60. The second-order valence-corrected chi connectivity index (χ2v) is 6.83. The van der Waals surface area contributed by atoms with Crippen LogP contribution in [0.2, 0.25) is 5.02 Å². The lowest BCUT2D eigenvalue weighted by Crippen LogP contribution is -2.16. The fourth-order valence-electron chi connectivity index (χ4n) is 2.85. The van der Waals surface area contributed by atoms with Gasteiger partial charge in [-0.25, -0.2) is 4.39 Å². The monoisotopic (exact) mass is 389 g/mol. The number of aromatic nitrogens is 4. The molecule has 1 amide bonds. The summed E-state index contributed by atoms with van der Waals surface area (Å²) in [6.07, 6.45) is 1.96. The molecule has 142 valence electrons. The van der Waals surface area contributed by atoms with Crippen molar-refractivity contribution in [3.63, 3.8) is 0 Å². The first-order chi connectivity index (χ1) is 12.8. The van der Waals surface area contributed by atoms with E-state index in [1.54, 1.807) is 33.8 Å². The van der Waals surface area contributed by atoms with Crippen molar-refractivity contribution in [1.29, 1.82) is 0 Å². The Hall–Kier alpha value is -2.67. The zero-order valence-electron chi connectivity index (χ0n) is 15.5. The third-order valence-electron chi connectivity index (χ3n) is 4.38. The third-order valence-corrected chi connectivity index (χ3v) is 4.75. The molecule has 1 N–H and O–H groups in total. The van der Waals surface area contributed by atoms with Crippen molar-refractivity contribution in [2.45, 2.75) is 40.3 Å². The van der Waals surface area contributed by atoms with E-state index in [0.29, 0.717) is 35.1 Å². The number of halogens is 2. The summed E-state index contributed by atoms with van der Waals surface area (Å²) in [6, 6.07) is 6.59. The second kappa shape index (κ2) is 7.92. The van der Waals surface area contributed by atoms with Gasteiger partial charge in [-0.2, -0.15) is 10.2 Å². The van der Waals surface area contributed by atoms with E-state index in [0.717, 1.165) is 11.4 Å². The van der Waals surface area contributed by atoms with Gasteiger partial charge in [0, 0.05) is 24.7 Å². The summed E-state index contributed by atoms with van der Waals surface area (Å²) < 4.78 is 17.2. The Morgan fingerprint density at radius 2 is 1.93 bits per heavy atom. The summed E-state index contributed by atoms with van der Waals surface area (Å²) in [7, 11) is 0. The van der Waals surface area contributed by atoms with Crippen molar-refractivity contribution >= 4 is 23.2 Å². The van der Waals surface area contributed by atoms with Gasteiger partial charge < -0.3 is 5.32 Å². The molecule has 0 bridgehead atoms. The number of hydrogen-bond donors (Lipinski definition) is 1. The van der Waals surface area contributed by atoms with Gasteiger partial charge in [-0.15, -0.1) is 0 Å². The number of rotatable bonds is 6. The van der Waals surface area contributed by atoms with Crippen molar-refractivity contribution < 1.29 is 9.18 Å². The van der Waals surface area contributed by atoms with E-state index in [9.17, 15) is 9.18 Å². The molecule has 0 atom stereocenters. The van der Waals surface area contributed by atoms with Gasteiger partial charge in [0.25, 0.3) is 0 Å². The molecule has 2 aromatic heterocycles. The number of carbonyl (C=O) groups is 1. The molecule has 0 spiro atoms. The normalized spacial score (nSPS) is 11.0. The van der Waals surface area contributed by atoms with E-state index in [-0.39, 0.29) is 18.1 Å². The van der Waals surface area contributed by atoms with Crippen LogP contribution >= 0.6 is 11.6 Å². The molecule has 0 aliphatic rings. The summed E-state index contributed by atoms with van der Waals surface area (Å²) in [5, 5.41) is 12.2. The molecule has 0 saturated heterocycles. The van der Waals surface area contributed by atoms with Crippen LogP contribution < -0.4 is 5.32 Å². The summed E-state index contributed by atoms with van der Waals surface area (Å²) in [6.45, 7) is 6.22. The summed E-state index contributed by atoms with van der Waals surface area (Å²) in [5.74, 6) is -0.417. The van der Waals surface area contributed by atoms with Crippen molar-refractivity contribution in [1.82, 2.24) is 19.6 Å². The number of hydrogen-bond acceptors (Lipinski definition) is 3. The Morgan fingerprint density at radius 1 is 1.19 bits per heavy atom. The molecule has 8 heteroatoms. The molecule has 0 aliphatic carbocycles. The fraction of sp³-hybridized carbons (Fsp3) is 0.316. The number of nitrogens with one attached hydrogen (secondary N) is 1. The van der Waals surface area contributed by atoms with Crippen molar-refractivity contribution in [2.24, 2.45) is 0 Å². The predicted octanol–water partition coefficient (Wildman–Crippen LogP) is 3.87. The van der Waals surface area contributed by atoms with Gasteiger partial charge in [-0.05, 0) is 26.8 Å². The van der Waals surface area contributed by atoms with Crippen molar-refractivity contribution in [2.75, 3.05) is 5.32 Å². The molecule has 6 nitrogen and oxygen atoms in total. The molecule has 0 unspecified atom stereocenters. The molecule has 0 saturated carbocycles. The number of aryl methyl sites for hydroxylation is 3. The van der Waals surface area contributed by atoms with Crippen LogP contribution in [0.15, 0.2) is 30.5 Å². The quantitative estimate of drug-likeness (QED) is 0.695. The smallest absolute Gasteiger partial charge is 0.226 e. The van der Waals surface area contributed by atoms with E-state index in [4.69, 9.17) is 11.6 Å². The number of benzene rings is 1. The zero-order chi connectivity index (χ0) is 19.6. The highest BCUT2D eigenvalue weighted by molar-refractivity contribution is 6.31. The first-order valence-corrected chi connectivity index (χ1v) is 8.99. The second-order valence-electron chi connectivity index (χ2n) is 6.42. The number of nitrogens with zero attached hydrogens (tertiary/aromatic N) is 4. The average Bonchev–Trinajstić information content (AvgIpc) is 3.08. The number of carbonyl (C=O) groups excluding carboxylic acids is 1. The molecule has 0 fully saturated rings. The maximum atomic E-state index is 13.9. The summed E-state index contributed by atoms with van der Waals surface area (Å²) >= 11 is 5.97. The van der Waals surface area contributed by atoms with E-state index < -0.39 is 0 Å². The molecule has 27 heavy (non-hydrogen) atoms. The first kappa shape index (κ1) is 19.1. The highest BCUT2D eigenvalue weighted by Crippen LogP contribution is 2.21. The molecule has 2 heterocycles. The van der Waals surface area contributed by atoms with Crippen LogP contribution in [0.25, 0.3) is 0 Å². The topological polar surface area (TPSA) is 64.7 Å². The molecule has 0 aliphatic heterocycles. The van der Waals surface area contributed by atoms with Gasteiger partial charge in [0.15, 0.2) is 0 Å². The van der Waals surface area contributed by atoms with Crippen LogP contribution in [0.4, 0.5) is 10.1 Å². The maximum Gasteiger partial charge on any atom is 0.226 e. The Morgan fingerprint density at radius 3 is 2.59 bits per heavy atom. The molecule has 1 aromatic carbocycles. The minimum absolute atomic E-state index is 0.143.